The second-order valence-electron chi connectivity index (χ2n) is 9.12. The highest BCUT2D eigenvalue weighted by molar-refractivity contribution is 7.74. The van der Waals surface area contributed by atoms with Gasteiger partial charge in [0.1, 0.15) is 0 Å². The molecule has 0 saturated carbocycles. The molecule has 2 aromatic rings. The van der Waals surface area contributed by atoms with Crippen LogP contribution in [0, 0.1) is 10.8 Å². The fourth-order valence-corrected chi connectivity index (χ4v) is 8.67. The Labute approximate surface area is 156 Å². The molecular formula is C24H35P. The van der Waals surface area contributed by atoms with Crippen LogP contribution in [0.15, 0.2) is 60.7 Å². The summed E-state index contributed by atoms with van der Waals surface area (Å²) in [5.41, 5.74) is 0.414. The summed E-state index contributed by atoms with van der Waals surface area (Å²) in [6, 6.07) is 22.5. The van der Waals surface area contributed by atoms with Gasteiger partial charge in [0.15, 0.2) is 0 Å². The molecule has 0 atom stereocenters. The van der Waals surface area contributed by atoms with Crippen molar-refractivity contribution in [2.75, 3.05) is 0 Å². The van der Waals surface area contributed by atoms with Crippen molar-refractivity contribution in [2.45, 2.75) is 66.5 Å². The summed E-state index contributed by atoms with van der Waals surface area (Å²) in [5.74, 6) is 0. The van der Waals surface area contributed by atoms with E-state index in [9.17, 15) is 0 Å². The van der Waals surface area contributed by atoms with Gasteiger partial charge in [0, 0.05) is 5.16 Å². The molecular weight excluding hydrogens is 319 g/mol. The highest BCUT2D eigenvalue weighted by atomic mass is 31.1. The van der Waals surface area contributed by atoms with Crippen molar-refractivity contribution in [3.63, 3.8) is 0 Å². The average Bonchev–Trinajstić information content (AvgIpc) is 2.54. The van der Waals surface area contributed by atoms with Crippen molar-refractivity contribution in [2.24, 2.45) is 10.8 Å². The minimum Gasteiger partial charge on any atom is -0.0653 e. The molecule has 0 fully saturated rings. The lowest BCUT2D eigenvalue weighted by atomic mass is 9.64. The molecule has 0 bridgehead atoms. The van der Waals surface area contributed by atoms with Crippen LogP contribution in [0.3, 0.4) is 0 Å². The monoisotopic (exact) mass is 354 g/mol. The third-order valence-corrected chi connectivity index (χ3v) is 9.46. The standard InChI is InChI=1S/C24H35P/c1-8-19-24(22(2,3)4,23(5,6)7)25(20-15-11-9-12-16-20)21-17-13-10-14-18-21/h9-18H,8,19H2,1-7H3. The van der Waals surface area contributed by atoms with Crippen LogP contribution >= 0.6 is 7.92 Å². The van der Waals surface area contributed by atoms with Crippen LogP contribution in [0.5, 0.6) is 0 Å². The van der Waals surface area contributed by atoms with Crippen LogP contribution in [0.25, 0.3) is 0 Å². The second-order valence-corrected chi connectivity index (χ2v) is 11.6. The third kappa shape index (κ3) is 3.85. The Morgan fingerprint density at radius 1 is 0.640 bits per heavy atom. The predicted molar refractivity (Wildman–Crippen MR) is 116 cm³/mol. The van der Waals surface area contributed by atoms with Crippen LogP contribution < -0.4 is 10.6 Å². The van der Waals surface area contributed by atoms with Crippen molar-refractivity contribution in [3.8, 4) is 0 Å². The van der Waals surface area contributed by atoms with Crippen molar-refractivity contribution < 1.29 is 0 Å². The molecule has 0 aliphatic heterocycles. The molecule has 25 heavy (non-hydrogen) atoms. The first kappa shape index (κ1) is 20.2. The lowest BCUT2D eigenvalue weighted by Crippen LogP contribution is -2.54. The molecule has 0 aromatic heterocycles. The Morgan fingerprint density at radius 2 is 1.00 bits per heavy atom. The van der Waals surface area contributed by atoms with Gasteiger partial charge in [0.05, 0.1) is 0 Å². The van der Waals surface area contributed by atoms with Gasteiger partial charge in [-0.25, -0.2) is 0 Å². The maximum atomic E-state index is 2.45. The number of hydrogen-bond acceptors (Lipinski definition) is 0. The van der Waals surface area contributed by atoms with Crippen LogP contribution in [0.2, 0.25) is 0 Å². The first-order valence-electron chi connectivity index (χ1n) is 9.55. The third-order valence-electron chi connectivity index (χ3n) is 5.50. The minimum absolute atomic E-state index is 0.207. The van der Waals surface area contributed by atoms with E-state index in [1.54, 1.807) is 0 Å². The fourth-order valence-electron chi connectivity index (χ4n) is 4.76. The van der Waals surface area contributed by atoms with Gasteiger partial charge in [-0.15, -0.1) is 0 Å². The molecule has 0 amide bonds. The normalized spacial score (nSPS) is 13.3. The Hall–Kier alpha value is -1.13. The molecule has 0 N–H and O–H groups in total. The van der Waals surface area contributed by atoms with Crippen LogP contribution in [-0.2, 0) is 0 Å². The summed E-state index contributed by atoms with van der Waals surface area (Å²) in [6.07, 6.45) is 2.46. The average molecular weight is 355 g/mol. The topological polar surface area (TPSA) is 0 Å². The molecule has 1 heteroatoms. The molecule has 136 valence electrons. The van der Waals surface area contributed by atoms with Gasteiger partial charge in [-0.1, -0.05) is 116 Å². The Bertz CT molecular complexity index is 590. The van der Waals surface area contributed by atoms with Gasteiger partial charge < -0.3 is 0 Å². The summed E-state index contributed by atoms with van der Waals surface area (Å²) in [7, 11) is -0.481. The van der Waals surface area contributed by atoms with Gasteiger partial charge in [-0.2, -0.15) is 0 Å². The highest BCUT2D eigenvalue weighted by Crippen LogP contribution is 2.66. The largest absolute Gasteiger partial charge is 0.0653 e. The Kier molecular flexibility index (Phi) is 6.16. The summed E-state index contributed by atoms with van der Waals surface area (Å²) in [5, 5.41) is 3.22. The summed E-state index contributed by atoms with van der Waals surface area (Å²) >= 11 is 0. The number of hydrogen-bond donors (Lipinski definition) is 0. The fraction of sp³-hybridized carbons (Fsp3) is 0.500. The van der Waals surface area contributed by atoms with Crippen molar-refractivity contribution >= 4 is 18.5 Å². The maximum absolute atomic E-state index is 2.45. The van der Waals surface area contributed by atoms with E-state index in [4.69, 9.17) is 0 Å². The number of benzene rings is 2. The molecule has 0 radical (unpaired) electrons. The van der Waals surface area contributed by atoms with Crippen LogP contribution in [0.4, 0.5) is 0 Å². The van der Waals surface area contributed by atoms with Crippen LogP contribution in [0.1, 0.15) is 61.3 Å². The van der Waals surface area contributed by atoms with E-state index in [0.717, 1.165) is 0 Å². The summed E-state index contributed by atoms with van der Waals surface area (Å²) < 4.78 is 0. The highest BCUT2D eigenvalue weighted by Gasteiger charge is 2.55. The van der Waals surface area contributed by atoms with E-state index in [-0.39, 0.29) is 16.0 Å². The van der Waals surface area contributed by atoms with Gasteiger partial charge in [0.2, 0.25) is 0 Å². The molecule has 0 saturated heterocycles. The van der Waals surface area contributed by atoms with E-state index >= 15 is 0 Å². The van der Waals surface area contributed by atoms with Gasteiger partial charge in [-0.05, 0) is 35.8 Å². The zero-order chi connectivity index (χ0) is 18.7. The van der Waals surface area contributed by atoms with Crippen molar-refractivity contribution in [1.29, 1.82) is 0 Å². The molecule has 0 heterocycles. The summed E-state index contributed by atoms with van der Waals surface area (Å²) in [6.45, 7) is 17.1. The molecule has 0 nitrogen and oxygen atoms in total. The number of rotatable bonds is 5. The predicted octanol–water partition coefficient (Wildman–Crippen LogP) is 6.75. The van der Waals surface area contributed by atoms with Crippen molar-refractivity contribution in [1.82, 2.24) is 0 Å². The maximum Gasteiger partial charge on any atom is 0.00824 e. The molecule has 0 spiro atoms. The minimum atomic E-state index is -0.481. The van der Waals surface area contributed by atoms with Gasteiger partial charge >= 0.3 is 0 Å². The lowest BCUT2D eigenvalue weighted by molar-refractivity contribution is 0.126. The van der Waals surface area contributed by atoms with E-state index in [1.807, 2.05) is 0 Å². The Balaban J connectivity index is 2.83. The zero-order valence-corrected chi connectivity index (χ0v) is 18.0. The van der Waals surface area contributed by atoms with E-state index in [0.29, 0.717) is 0 Å². The molecule has 0 unspecified atom stereocenters. The molecule has 0 aliphatic rings. The first-order valence-corrected chi connectivity index (χ1v) is 10.9. The quantitative estimate of drug-likeness (QED) is 0.521. The zero-order valence-electron chi connectivity index (χ0n) is 17.1. The van der Waals surface area contributed by atoms with Crippen molar-refractivity contribution in [3.05, 3.63) is 60.7 Å². The second kappa shape index (κ2) is 7.63. The summed E-state index contributed by atoms with van der Waals surface area (Å²) in [4.78, 5) is 0. The van der Waals surface area contributed by atoms with Crippen LogP contribution in [-0.4, -0.2) is 5.16 Å². The Morgan fingerprint density at radius 3 is 1.28 bits per heavy atom. The molecule has 0 aliphatic carbocycles. The SMILES string of the molecule is CCCC(P(c1ccccc1)c1ccccc1)(C(C)(C)C)C(C)(C)C. The first-order chi connectivity index (χ1) is 11.6. The van der Waals surface area contributed by atoms with E-state index in [1.165, 1.54) is 23.5 Å². The lowest BCUT2D eigenvalue weighted by Gasteiger charge is -2.58. The molecule has 2 aromatic carbocycles. The molecule has 2 rings (SSSR count). The van der Waals surface area contributed by atoms with Gasteiger partial charge in [-0.3, -0.25) is 0 Å². The van der Waals surface area contributed by atoms with E-state index < -0.39 is 7.92 Å². The smallest absolute Gasteiger partial charge is 0.00824 e. The van der Waals surface area contributed by atoms with Gasteiger partial charge in [0.25, 0.3) is 0 Å². The van der Waals surface area contributed by atoms with E-state index in [2.05, 4.69) is 109 Å².